The van der Waals surface area contributed by atoms with Crippen LogP contribution in [0.1, 0.15) is 19.4 Å². The average Bonchev–Trinajstić information content (AvgIpc) is 2.47. The Kier molecular flexibility index (Phi) is 3.59. The minimum atomic E-state index is 0.667. The topological polar surface area (TPSA) is 28.2 Å². The Morgan fingerprint density at radius 1 is 1.30 bits per heavy atom. The molecule has 3 heteroatoms. The molecular weight excluding hydrogens is 246 g/mol. The molecule has 20 heavy (non-hydrogen) atoms. The molecule has 0 saturated heterocycles. The summed E-state index contributed by atoms with van der Waals surface area (Å²) in [6, 6.07) is 12.9. The van der Waals surface area contributed by atoms with Crippen LogP contribution < -0.4 is 10.2 Å². The van der Waals surface area contributed by atoms with E-state index in [1.54, 1.807) is 0 Å². The number of benzene rings is 1. The first-order chi connectivity index (χ1) is 9.78. The first-order valence-electron chi connectivity index (χ1n) is 7.33. The van der Waals surface area contributed by atoms with Gasteiger partial charge in [-0.1, -0.05) is 25.1 Å². The second-order valence-electron chi connectivity index (χ2n) is 5.48. The number of aromatic nitrogens is 1. The van der Waals surface area contributed by atoms with Crippen LogP contribution in [0.4, 0.5) is 17.2 Å². The number of hydrogen-bond acceptors (Lipinski definition) is 3. The number of para-hydroxylation sites is 1. The monoisotopic (exact) mass is 267 g/mol. The van der Waals surface area contributed by atoms with Crippen molar-refractivity contribution in [2.75, 3.05) is 23.3 Å². The van der Waals surface area contributed by atoms with Crippen molar-refractivity contribution in [3.63, 3.8) is 0 Å². The van der Waals surface area contributed by atoms with E-state index in [2.05, 4.69) is 65.4 Å². The van der Waals surface area contributed by atoms with Crippen LogP contribution in [-0.4, -0.2) is 18.1 Å². The second kappa shape index (κ2) is 5.53. The fraction of sp³-hybridized carbons (Fsp3) is 0.353. The molecule has 2 aromatic rings. The molecule has 1 N–H and O–H groups in total. The first-order valence-corrected chi connectivity index (χ1v) is 7.33. The van der Waals surface area contributed by atoms with Gasteiger partial charge in [-0.05, 0) is 37.0 Å². The predicted molar refractivity (Wildman–Crippen MR) is 84.7 cm³/mol. The number of anilines is 3. The molecule has 1 aliphatic heterocycles. The lowest BCUT2D eigenvalue weighted by molar-refractivity contribution is 0.562. The fourth-order valence-electron chi connectivity index (χ4n) is 2.91. The molecule has 0 spiro atoms. The molecule has 0 radical (unpaired) electrons. The molecule has 0 saturated carbocycles. The van der Waals surface area contributed by atoms with E-state index >= 15 is 0 Å². The number of pyridine rings is 1. The van der Waals surface area contributed by atoms with Gasteiger partial charge in [0.2, 0.25) is 0 Å². The molecule has 3 rings (SSSR count). The maximum Gasteiger partial charge on any atom is 0.127 e. The zero-order chi connectivity index (χ0) is 13.9. The summed E-state index contributed by atoms with van der Waals surface area (Å²) >= 11 is 0. The first kappa shape index (κ1) is 13.0. The molecular formula is C17H21N3. The molecule has 1 aliphatic rings. The zero-order valence-corrected chi connectivity index (χ0v) is 12.1. The minimum Gasteiger partial charge on any atom is -0.370 e. The Morgan fingerprint density at radius 3 is 3.00 bits per heavy atom. The van der Waals surface area contributed by atoms with Gasteiger partial charge < -0.3 is 10.2 Å². The Labute approximate surface area is 120 Å². The lowest BCUT2D eigenvalue weighted by Crippen LogP contribution is -2.30. The third-order valence-electron chi connectivity index (χ3n) is 3.76. The summed E-state index contributed by atoms with van der Waals surface area (Å²) < 4.78 is 0. The largest absolute Gasteiger partial charge is 0.370 e. The maximum atomic E-state index is 4.36. The SMILES string of the molecule is CCNc1cc(N2CC(C)Cc3ccccc32)ccn1. The third kappa shape index (κ3) is 2.48. The van der Waals surface area contributed by atoms with Crippen molar-refractivity contribution >= 4 is 17.2 Å². The van der Waals surface area contributed by atoms with E-state index in [9.17, 15) is 0 Å². The molecule has 1 aromatic carbocycles. The Hall–Kier alpha value is -2.03. The number of nitrogens with zero attached hydrogens (tertiary/aromatic N) is 2. The van der Waals surface area contributed by atoms with Gasteiger partial charge in [0, 0.05) is 36.7 Å². The smallest absolute Gasteiger partial charge is 0.127 e. The van der Waals surface area contributed by atoms with Crippen molar-refractivity contribution in [2.45, 2.75) is 20.3 Å². The molecule has 3 nitrogen and oxygen atoms in total. The van der Waals surface area contributed by atoms with Crippen LogP contribution in [0, 0.1) is 5.92 Å². The van der Waals surface area contributed by atoms with Gasteiger partial charge in [0.05, 0.1) is 0 Å². The summed E-state index contributed by atoms with van der Waals surface area (Å²) in [4.78, 5) is 6.77. The Balaban J connectivity index is 1.99. The normalized spacial score (nSPS) is 17.7. The minimum absolute atomic E-state index is 0.667. The number of fused-ring (bicyclic) bond motifs is 1. The highest BCUT2D eigenvalue weighted by molar-refractivity contribution is 5.69. The standard InChI is InChI=1S/C17H21N3/c1-3-18-17-11-15(8-9-19-17)20-12-13(2)10-14-6-4-5-7-16(14)20/h4-9,11,13H,3,10,12H2,1-2H3,(H,18,19). The Bertz CT molecular complexity index is 594. The summed E-state index contributed by atoms with van der Waals surface area (Å²) in [5.74, 6) is 1.61. The molecule has 0 amide bonds. The van der Waals surface area contributed by atoms with E-state index in [4.69, 9.17) is 0 Å². The van der Waals surface area contributed by atoms with E-state index in [0.29, 0.717) is 5.92 Å². The zero-order valence-electron chi connectivity index (χ0n) is 12.1. The summed E-state index contributed by atoms with van der Waals surface area (Å²) in [5.41, 5.74) is 3.99. The van der Waals surface area contributed by atoms with E-state index in [1.165, 1.54) is 16.9 Å². The van der Waals surface area contributed by atoms with Crippen molar-refractivity contribution in [2.24, 2.45) is 5.92 Å². The van der Waals surface area contributed by atoms with Gasteiger partial charge in [-0.2, -0.15) is 0 Å². The lowest BCUT2D eigenvalue weighted by atomic mass is 9.93. The predicted octanol–water partition coefficient (Wildman–Crippen LogP) is 3.84. The highest BCUT2D eigenvalue weighted by Gasteiger charge is 2.22. The number of hydrogen-bond donors (Lipinski definition) is 1. The van der Waals surface area contributed by atoms with Crippen LogP contribution in [0.5, 0.6) is 0 Å². The highest BCUT2D eigenvalue weighted by atomic mass is 15.2. The summed E-state index contributed by atoms with van der Waals surface area (Å²) in [7, 11) is 0. The van der Waals surface area contributed by atoms with Crippen LogP contribution in [0.15, 0.2) is 42.6 Å². The molecule has 104 valence electrons. The van der Waals surface area contributed by atoms with E-state index in [1.807, 2.05) is 6.20 Å². The second-order valence-corrected chi connectivity index (χ2v) is 5.48. The van der Waals surface area contributed by atoms with E-state index in [0.717, 1.165) is 25.3 Å². The van der Waals surface area contributed by atoms with Gasteiger partial charge in [-0.3, -0.25) is 0 Å². The maximum absolute atomic E-state index is 4.36. The summed E-state index contributed by atoms with van der Waals surface area (Å²) in [6.07, 6.45) is 3.05. The van der Waals surface area contributed by atoms with E-state index < -0.39 is 0 Å². The van der Waals surface area contributed by atoms with Crippen molar-refractivity contribution in [3.05, 3.63) is 48.2 Å². The molecule has 1 aromatic heterocycles. The van der Waals surface area contributed by atoms with Gasteiger partial charge in [0.25, 0.3) is 0 Å². The summed E-state index contributed by atoms with van der Waals surface area (Å²) in [6.45, 7) is 6.36. The summed E-state index contributed by atoms with van der Waals surface area (Å²) in [5, 5.41) is 3.28. The van der Waals surface area contributed by atoms with Crippen LogP contribution in [-0.2, 0) is 6.42 Å². The molecule has 2 heterocycles. The van der Waals surface area contributed by atoms with Gasteiger partial charge in [-0.25, -0.2) is 4.98 Å². The fourth-order valence-corrected chi connectivity index (χ4v) is 2.91. The van der Waals surface area contributed by atoms with Crippen molar-refractivity contribution in [3.8, 4) is 0 Å². The van der Waals surface area contributed by atoms with Gasteiger partial charge in [0.15, 0.2) is 0 Å². The van der Waals surface area contributed by atoms with Crippen LogP contribution >= 0.6 is 0 Å². The number of rotatable bonds is 3. The Morgan fingerprint density at radius 2 is 2.15 bits per heavy atom. The van der Waals surface area contributed by atoms with Crippen LogP contribution in [0.3, 0.4) is 0 Å². The quantitative estimate of drug-likeness (QED) is 0.915. The van der Waals surface area contributed by atoms with Crippen molar-refractivity contribution < 1.29 is 0 Å². The van der Waals surface area contributed by atoms with E-state index in [-0.39, 0.29) is 0 Å². The van der Waals surface area contributed by atoms with Crippen LogP contribution in [0.2, 0.25) is 0 Å². The average molecular weight is 267 g/mol. The van der Waals surface area contributed by atoms with Gasteiger partial charge in [-0.15, -0.1) is 0 Å². The van der Waals surface area contributed by atoms with Crippen molar-refractivity contribution in [1.29, 1.82) is 0 Å². The van der Waals surface area contributed by atoms with Gasteiger partial charge >= 0.3 is 0 Å². The third-order valence-corrected chi connectivity index (χ3v) is 3.76. The van der Waals surface area contributed by atoms with Gasteiger partial charge in [0.1, 0.15) is 5.82 Å². The van der Waals surface area contributed by atoms with Crippen LogP contribution in [0.25, 0.3) is 0 Å². The molecule has 0 bridgehead atoms. The highest BCUT2D eigenvalue weighted by Crippen LogP contribution is 2.35. The molecule has 0 aliphatic carbocycles. The number of nitrogens with one attached hydrogen (secondary N) is 1. The lowest BCUT2D eigenvalue weighted by Gasteiger charge is -2.35. The van der Waals surface area contributed by atoms with Crippen molar-refractivity contribution in [1.82, 2.24) is 4.98 Å². The molecule has 1 atom stereocenters. The molecule has 1 unspecified atom stereocenters. The molecule has 0 fully saturated rings.